The average Bonchev–Trinajstić information content (AvgIpc) is 2.88. The van der Waals surface area contributed by atoms with Crippen molar-refractivity contribution in [3.63, 3.8) is 0 Å². The monoisotopic (exact) mass is 319 g/mol. The van der Waals surface area contributed by atoms with Crippen molar-refractivity contribution in [3.05, 3.63) is 71.5 Å². The number of hydrogen-bond donors (Lipinski definition) is 0. The second-order valence-corrected chi connectivity index (χ2v) is 6.39. The van der Waals surface area contributed by atoms with E-state index in [1.54, 1.807) is 0 Å². The molecule has 2 aromatic carbocycles. The lowest BCUT2D eigenvalue weighted by Crippen LogP contribution is -2.12. The molecule has 3 heteroatoms. The number of nitrogens with zero attached hydrogens (tertiary/aromatic N) is 1. The third kappa shape index (κ3) is 2.61. The van der Waals surface area contributed by atoms with E-state index in [4.69, 9.17) is 9.15 Å². The Kier molecular flexibility index (Phi) is 3.87. The van der Waals surface area contributed by atoms with Crippen LogP contribution in [0.4, 0.5) is 0 Å². The second kappa shape index (κ2) is 6.17. The van der Waals surface area contributed by atoms with Gasteiger partial charge in [-0.3, -0.25) is 0 Å². The van der Waals surface area contributed by atoms with Gasteiger partial charge in [0.1, 0.15) is 17.9 Å². The molecule has 2 heterocycles. The van der Waals surface area contributed by atoms with Crippen LogP contribution in [0, 0.1) is 0 Å². The van der Waals surface area contributed by atoms with E-state index in [1.807, 2.05) is 24.3 Å². The number of hydrogen-bond acceptors (Lipinski definition) is 3. The maximum atomic E-state index is 6.08. The zero-order valence-electron chi connectivity index (χ0n) is 14.1. The van der Waals surface area contributed by atoms with Crippen molar-refractivity contribution in [1.29, 1.82) is 0 Å². The lowest BCUT2D eigenvalue weighted by atomic mass is 9.94. The fourth-order valence-corrected chi connectivity index (χ4v) is 3.27. The Morgan fingerprint density at radius 3 is 2.71 bits per heavy atom. The van der Waals surface area contributed by atoms with Crippen LogP contribution in [0.1, 0.15) is 23.3 Å². The van der Waals surface area contributed by atoms with Crippen molar-refractivity contribution in [3.8, 4) is 5.75 Å². The highest BCUT2D eigenvalue weighted by Gasteiger charge is 2.24. The van der Waals surface area contributed by atoms with Crippen molar-refractivity contribution < 1.29 is 9.15 Å². The van der Waals surface area contributed by atoms with Gasteiger partial charge in [-0.15, -0.1) is 0 Å². The highest BCUT2D eigenvalue weighted by Crippen LogP contribution is 2.41. The first-order valence-electron chi connectivity index (χ1n) is 8.32. The predicted octanol–water partition coefficient (Wildman–Crippen LogP) is 4.71. The molecule has 3 aromatic rings. The first-order valence-corrected chi connectivity index (χ1v) is 8.32. The third-order valence-corrected chi connectivity index (χ3v) is 4.40. The van der Waals surface area contributed by atoms with Crippen LogP contribution in [-0.2, 0) is 6.61 Å². The number of benzene rings is 2. The molecule has 0 fully saturated rings. The molecule has 0 saturated carbocycles. The SMILES string of the molecule is CN(C)CC/C=C1/c2ccccc2OCc2oc3ccccc3c21. The summed E-state index contributed by atoms with van der Waals surface area (Å²) in [6.45, 7) is 1.48. The van der Waals surface area contributed by atoms with Crippen LogP contribution < -0.4 is 4.74 Å². The summed E-state index contributed by atoms with van der Waals surface area (Å²) in [4.78, 5) is 2.20. The standard InChI is InChI=1S/C21H21NO2/c1-22(2)13-7-10-16-15-8-3-5-11-18(15)23-14-20-21(16)17-9-4-6-12-19(17)24-20/h3-6,8-12H,7,13-14H2,1-2H3/b16-10-. The summed E-state index contributed by atoms with van der Waals surface area (Å²) in [6, 6.07) is 16.5. The molecule has 0 saturated heterocycles. The zero-order valence-corrected chi connectivity index (χ0v) is 14.1. The van der Waals surface area contributed by atoms with Gasteiger partial charge in [0, 0.05) is 23.1 Å². The van der Waals surface area contributed by atoms with Gasteiger partial charge in [0.25, 0.3) is 0 Å². The van der Waals surface area contributed by atoms with Gasteiger partial charge in [0.15, 0.2) is 5.76 Å². The summed E-state index contributed by atoms with van der Waals surface area (Å²) in [7, 11) is 4.20. The van der Waals surface area contributed by atoms with E-state index >= 15 is 0 Å². The van der Waals surface area contributed by atoms with E-state index in [0.29, 0.717) is 6.61 Å². The Morgan fingerprint density at radius 2 is 1.83 bits per heavy atom. The molecule has 0 amide bonds. The highest BCUT2D eigenvalue weighted by atomic mass is 16.5. The largest absolute Gasteiger partial charge is 0.485 e. The summed E-state index contributed by atoms with van der Waals surface area (Å²) in [6.07, 6.45) is 3.30. The van der Waals surface area contributed by atoms with Gasteiger partial charge in [-0.05, 0) is 38.2 Å². The van der Waals surface area contributed by atoms with Crippen LogP contribution in [0.5, 0.6) is 5.75 Å². The van der Waals surface area contributed by atoms with Crippen LogP contribution in [0.25, 0.3) is 16.5 Å². The lowest BCUT2D eigenvalue weighted by molar-refractivity contribution is 0.276. The van der Waals surface area contributed by atoms with Crippen LogP contribution in [-0.4, -0.2) is 25.5 Å². The van der Waals surface area contributed by atoms with Crippen LogP contribution in [0.2, 0.25) is 0 Å². The molecule has 0 spiro atoms. The molecule has 0 bridgehead atoms. The first kappa shape index (κ1) is 15.0. The molecule has 1 aromatic heterocycles. The predicted molar refractivity (Wildman–Crippen MR) is 97.2 cm³/mol. The molecular formula is C21H21NO2. The summed E-state index contributed by atoms with van der Waals surface area (Å²) in [5.74, 6) is 1.83. The Hall–Kier alpha value is -2.52. The Balaban J connectivity index is 1.91. The Labute approximate surface area is 142 Å². The fourth-order valence-electron chi connectivity index (χ4n) is 3.27. The number of fused-ring (bicyclic) bond motifs is 4. The third-order valence-electron chi connectivity index (χ3n) is 4.40. The van der Waals surface area contributed by atoms with Gasteiger partial charge < -0.3 is 14.1 Å². The molecule has 24 heavy (non-hydrogen) atoms. The molecular weight excluding hydrogens is 298 g/mol. The van der Waals surface area contributed by atoms with Crippen molar-refractivity contribution in [2.24, 2.45) is 0 Å². The van der Waals surface area contributed by atoms with E-state index < -0.39 is 0 Å². The minimum Gasteiger partial charge on any atom is -0.485 e. The topological polar surface area (TPSA) is 25.6 Å². The number of rotatable bonds is 3. The van der Waals surface area contributed by atoms with Crippen molar-refractivity contribution in [2.45, 2.75) is 13.0 Å². The van der Waals surface area contributed by atoms with Gasteiger partial charge in [0.05, 0.1) is 0 Å². The van der Waals surface area contributed by atoms with E-state index in [9.17, 15) is 0 Å². The minimum absolute atomic E-state index is 0.464. The van der Waals surface area contributed by atoms with Crippen LogP contribution in [0.3, 0.4) is 0 Å². The van der Waals surface area contributed by atoms with Crippen molar-refractivity contribution in [2.75, 3.05) is 20.6 Å². The number of ether oxygens (including phenoxy) is 1. The normalized spacial score (nSPS) is 15.2. The molecule has 0 radical (unpaired) electrons. The maximum Gasteiger partial charge on any atom is 0.150 e. The van der Waals surface area contributed by atoms with Crippen LogP contribution >= 0.6 is 0 Å². The summed E-state index contributed by atoms with van der Waals surface area (Å²) < 4.78 is 12.1. The average molecular weight is 319 g/mol. The molecule has 1 aliphatic heterocycles. The van der Waals surface area contributed by atoms with E-state index in [2.05, 4.69) is 49.3 Å². The zero-order chi connectivity index (χ0) is 16.5. The molecule has 0 atom stereocenters. The quantitative estimate of drug-likeness (QED) is 0.699. The van der Waals surface area contributed by atoms with Gasteiger partial charge in [-0.25, -0.2) is 0 Å². The van der Waals surface area contributed by atoms with Gasteiger partial charge in [-0.1, -0.05) is 42.5 Å². The van der Waals surface area contributed by atoms with E-state index in [-0.39, 0.29) is 0 Å². The Morgan fingerprint density at radius 1 is 1.04 bits per heavy atom. The van der Waals surface area contributed by atoms with Crippen LogP contribution in [0.15, 0.2) is 59.0 Å². The Bertz CT molecular complexity index is 905. The van der Waals surface area contributed by atoms with Gasteiger partial charge in [0.2, 0.25) is 0 Å². The fraction of sp³-hybridized carbons (Fsp3) is 0.238. The minimum atomic E-state index is 0.464. The molecule has 1 aliphatic rings. The molecule has 122 valence electrons. The second-order valence-electron chi connectivity index (χ2n) is 6.39. The maximum absolute atomic E-state index is 6.08. The molecule has 0 unspecified atom stereocenters. The molecule has 0 aliphatic carbocycles. The molecule has 0 N–H and O–H groups in total. The first-order chi connectivity index (χ1) is 11.7. The number of furan rings is 1. The van der Waals surface area contributed by atoms with E-state index in [0.717, 1.165) is 41.0 Å². The lowest BCUT2D eigenvalue weighted by Gasteiger charge is -2.11. The number of para-hydroxylation sites is 2. The molecule has 4 rings (SSSR count). The van der Waals surface area contributed by atoms with E-state index in [1.165, 1.54) is 11.1 Å². The summed E-state index contributed by atoms with van der Waals surface area (Å²) in [5, 5.41) is 1.16. The molecule has 3 nitrogen and oxygen atoms in total. The summed E-state index contributed by atoms with van der Waals surface area (Å²) in [5.41, 5.74) is 4.45. The smallest absolute Gasteiger partial charge is 0.150 e. The van der Waals surface area contributed by atoms with Crippen molar-refractivity contribution in [1.82, 2.24) is 4.90 Å². The van der Waals surface area contributed by atoms with Gasteiger partial charge in [-0.2, -0.15) is 0 Å². The summed E-state index contributed by atoms with van der Waals surface area (Å²) >= 11 is 0. The highest BCUT2D eigenvalue weighted by molar-refractivity contribution is 5.98. The van der Waals surface area contributed by atoms with Crippen molar-refractivity contribution >= 4 is 16.5 Å². The van der Waals surface area contributed by atoms with Gasteiger partial charge >= 0.3 is 0 Å².